The van der Waals surface area contributed by atoms with Crippen LogP contribution >= 0.6 is 22.7 Å². The number of esters is 1. The molecular formula is C22H19N3O3S2. The standard InChI is InChI=1S/C22H19N3O3S2/c1-28-22(27)13-4-5-14-16(11-13)23-19(24-21(14)26)12-25-8-6-17-15(7-10-30-17)20(25)18-3-2-9-29-18/h2-5,7,9-11,20H,6,8,12H2,1H3,(H,23,24,26)/t20-/m1/s1. The molecule has 0 aliphatic carbocycles. The highest BCUT2D eigenvalue weighted by molar-refractivity contribution is 7.10. The number of carbonyl (C=O) groups is 1. The highest BCUT2D eigenvalue weighted by Crippen LogP contribution is 2.39. The molecule has 0 saturated heterocycles. The van der Waals surface area contributed by atoms with Crippen molar-refractivity contribution < 1.29 is 9.53 Å². The molecule has 0 fully saturated rings. The summed E-state index contributed by atoms with van der Waals surface area (Å²) in [6.45, 7) is 1.41. The van der Waals surface area contributed by atoms with E-state index in [1.54, 1.807) is 40.9 Å². The summed E-state index contributed by atoms with van der Waals surface area (Å²) in [6, 6.07) is 11.4. The Hall–Kier alpha value is -2.81. The first-order valence-electron chi connectivity index (χ1n) is 9.59. The Morgan fingerprint density at radius 3 is 2.97 bits per heavy atom. The first-order valence-corrected chi connectivity index (χ1v) is 11.3. The van der Waals surface area contributed by atoms with E-state index in [1.807, 2.05) is 0 Å². The lowest BCUT2D eigenvalue weighted by molar-refractivity contribution is 0.0601. The van der Waals surface area contributed by atoms with Gasteiger partial charge >= 0.3 is 5.97 Å². The number of aromatic amines is 1. The summed E-state index contributed by atoms with van der Waals surface area (Å²) < 4.78 is 4.79. The van der Waals surface area contributed by atoms with Gasteiger partial charge in [-0.2, -0.15) is 0 Å². The molecular weight excluding hydrogens is 418 g/mol. The maximum atomic E-state index is 12.6. The number of methoxy groups -OCH3 is 1. The molecule has 1 N–H and O–H groups in total. The first-order chi connectivity index (χ1) is 14.6. The summed E-state index contributed by atoms with van der Waals surface area (Å²) in [5.74, 6) is 0.147. The van der Waals surface area contributed by atoms with Crippen LogP contribution in [0.2, 0.25) is 0 Å². The highest BCUT2D eigenvalue weighted by atomic mass is 32.1. The molecule has 0 bridgehead atoms. The Morgan fingerprint density at radius 2 is 2.17 bits per heavy atom. The number of aromatic nitrogens is 2. The Kier molecular flexibility index (Phi) is 4.98. The van der Waals surface area contributed by atoms with Crippen molar-refractivity contribution in [3.8, 4) is 0 Å². The summed E-state index contributed by atoms with van der Waals surface area (Å²) in [5, 5.41) is 4.71. The Labute approximate surface area is 180 Å². The number of hydrogen-bond donors (Lipinski definition) is 1. The van der Waals surface area contributed by atoms with Crippen molar-refractivity contribution in [3.63, 3.8) is 0 Å². The van der Waals surface area contributed by atoms with E-state index in [0.29, 0.717) is 28.8 Å². The van der Waals surface area contributed by atoms with Crippen molar-refractivity contribution >= 4 is 39.5 Å². The molecule has 1 aromatic carbocycles. The third-order valence-electron chi connectivity index (χ3n) is 5.41. The SMILES string of the molecule is COC(=O)c1ccc2c(=O)[nH]c(CN3CCc4sccc4[C@@H]3c3cccs3)nc2c1. The second-order valence-electron chi connectivity index (χ2n) is 7.17. The average Bonchev–Trinajstić information content (AvgIpc) is 3.44. The number of carbonyl (C=O) groups excluding carboxylic acids is 1. The molecule has 0 amide bonds. The van der Waals surface area contributed by atoms with E-state index in [-0.39, 0.29) is 11.6 Å². The van der Waals surface area contributed by atoms with Crippen LogP contribution in [0.3, 0.4) is 0 Å². The second kappa shape index (κ2) is 7.79. The lowest BCUT2D eigenvalue weighted by Gasteiger charge is -2.35. The smallest absolute Gasteiger partial charge is 0.337 e. The van der Waals surface area contributed by atoms with E-state index < -0.39 is 5.97 Å². The van der Waals surface area contributed by atoms with Crippen LogP contribution in [-0.2, 0) is 17.7 Å². The lowest BCUT2D eigenvalue weighted by Crippen LogP contribution is -2.35. The number of fused-ring (bicyclic) bond motifs is 2. The van der Waals surface area contributed by atoms with E-state index >= 15 is 0 Å². The van der Waals surface area contributed by atoms with Gasteiger partial charge in [-0.3, -0.25) is 9.69 Å². The minimum atomic E-state index is -0.445. The van der Waals surface area contributed by atoms with Crippen molar-refractivity contribution in [1.82, 2.24) is 14.9 Å². The number of nitrogens with one attached hydrogen (secondary N) is 1. The fraction of sp³-hybridized carbons (Fsp3) is 0.227. The highest BCUT2D eigenvalue weighted by Gasteiger charge is 2.30. The number of benzene rings is 1. The number of rotatable bonds is 4. The lowest BCUT2D eigenvalue weighted by atomic mass is 9.98. The van der Waals surface area contributed by atoms with Gasteiger partial charge in [0, 0.05) is 16.3 Å². The number of nitrogens with zero attached hydrogens (tertiary/aromatic N) is 2. The quantitative estimate of drug-likeness (QED) is 0.489. The number of ether oxygens (including phenoxy) is 1. The van der Waals surface area contributed by atoms with E-state index in [0.717, 1.165) is 13.0 Å². The summed E-state index contributed by atoms with van der Waals surface area (Å²) in [6.07, 6.45) is 0.985. The maximum Gasteiger partial charge on any atom is 0.337 e. The van der Waals surface area contributed by atoms with Gasteiger partial charge in [0.15, 0.2) is 0 Å². The maximum absolute atomic E-state index is 12.6. The summed E-state index contributed by atoms with van der Waals surface area (Å²) >= 11 is 3.55. The molecule has 6 nitrogen and oxygen atoms in total. The van der Waals surface area contributed by atoms with Gasteiger partial charge in [-0.25, -0.2) is 9.78 Å². The summed E-state index contributed by atoms with van der Waals surface area (Å²) in [5.41, 5.74) is 2.01. The van der Waals surface area contributed by atoms with Gasteiger partial charge in [-0.05, 0) is 53.1 Å². The van der Waals surface area contributed by atoms with E-state index in [2.05, 4.69) is 43.8 Å². The molecule has 4 heterocycles. The van der Waals surface area contributed by atoms with Crippen LogP contribution < -0.4 is 5.56 Å². The molecule has 1 aliphatic heterocycles. The number of hydrogen-bond acceptors (Lipinski definition) is 7. The van der Waals surface area contributed by atoms with E-state index in [1.165, 1.54) is 22.4 Å². The second-order valence-corrected chi connectivity index (χ2v) is 9.15. The van der Waals surface area contributed by atoms with Gasteiger partial charge in [-0.1, -0.05) is 6.07 Å². The Balaban J connectivity index is 1.53. The Bertz CT molecular complexity index is 1280. The van der Waals surface area contributed by atoms with Gasteiger partial charge < -0.3 is 9.72 Å². The van der Waals surface area contributed by atoms with Crippen molar-refractivity contribution in [2.24, 2.45) is 0 Å². The zero-order valence-corrected chi connectivity index (χ0v) is 17.9. The van der Waals surface area contributed by atoms with E-state index in [9.17, 15) is 9.59 Å². The van der Waals surface area contributed by atoms with Crippen molar-refractivity contribution in [2.45, 2.75) is 19.0 Å². The Morgan fingerprint density at radius 1 is 1.27 bits per heavy atom. The molecule has 0 radical (unpaired) electrons. The molecule has 5 rings (SSSR count). The average molecular weight is 438 g/mol. The van der Waals surface area contributed by atoms with E-state index in [4.69, 9.17) is 4.74 Å². The van der Waals surface area contributed by atoms with Gasteiger partial charge in [0.25, 0.3) is 5.56 Å². The number of H-pyrrole nitrogens is 1. The molecule has 1 atom stereocenters. The van der Waals surface area contributed by atoms with Crippen LogP contribution in [-0.4, -0.2) is 34.5 Å². The molecule has 0 saturated carbocycles. The minimum absolute atomic E-state index is 0.155. The third-order valence-corrected chi connectivity index (χ3v) is 7.33. The van der Waals surface area contributed by atoms with Gasteiger partial charge in [-0.15, -0.1) is 22.7 Å². The molecule has 152 valence electrons. The first kappa shape index (κ1) is 19.2. The topological polar surface area (TPSA) is 75.3 Å². The fourth-order valence-corrected chi connectivity index (χ4v) is 5.80. The summed E-state index contributed by atoms with van der Waals surface area (Å²) in [4.78, 5) is 37.2. The largest absolute Gasteiger partial charge is 0.465 e. The van der Waals surface area contributed by atoms with Crippen LogP contribution in [0.4, 0.5) is 0 Å². The van der Waals surface area contributed by atoms with Gasteiger partial charge in [0.2, 0.25) is 0 Å². The van der Waals surface area contributed by atoms with Gasteiger partial charge in [0.05, 0.1) is 36.2 Å². The molecule has 3 aromatic heterocycles. The third kappa shape index (κ3) is 3.36. The molecule has 4 aromatic rings. The van der Waals surface area contributed by atoms with Crippen molar-refractivity contribution in [1.29, 1.82) is 0 Å². The molecule has 0 spiro atoms. The predicted molar refractivity (Wildman–Crippen MR) is 118 cm³/mol. The normalized spacial score (nSPS) is 16.5. The molecule has 1 aliphatic rings. The van der Waals surface area contributed by atoms with Crippen LogP contribution in [0.5, 0.6) is 0 Å². The minimum Gasteiger partial charge on any atom is -0.465 e. The van der Waals surface area contributed by atoms with Crippen LogP contribution in [0.15, 0.2) is 52.0 Å². The van der Waals surface area contributed by atoms with Crippen molar-refractivity contribution in [3.05, 3.63) is 84.2 Å². The summed E-state index contributed by atoms with van der Waals surface area (Å²) in [7, 11) is 1.34. The molecule has 8 heteroatoms. The van der Waals surface area contributed by atoms with Crippen LogP contribution in [0.1, 0.15) is 37.5 Å². The monoisotopic (exact) mass is 437 g/mol. The molecule has 0 unspecified atom stereocenters. The predicted octanol–water partition coefficient (Wildman–Crippen LogP) is 3.98. The fourth-order valence-electron chi connectivity index (χ4n) is 4.02. The van der Waals surface area contributed by atoms with Gasteiger partial charge in [0.1, 0.15) is 5.82 Å². The zero-order valence-electron chi connectivity index (χ0n) is 16.3. The van der Waals surface area contributed by atoms with Crippen LogP contribution in [0.25, 0.3) is 10.9 Å². The zero-order chi connectivity index (χ0) is 20.7. The van der Waals surface area contributed by atoms with Crippen molar-refractivity contribution in [2.75, 3.05) is 13.7 Å². The van der Waals surface area contributed by atoms with Crippen LogP contribution in [0, 0.1) is 0 Å². The molecule has 30 heavy (non-hydrogen) atoms. The number of thiophene rings is 2.